The zero-order valence-corrected chi connectivity index (χ0v) is 38.8. The Kier molecular flexibility index (Phi) is 39.5. The minimum atomic E-state index is -0.893. The molecule has 0 radical (unpaired) electrons. The second-order valence-electron chi connectivity index (χ2n) is 15.9. The van der Waals surface area contributed by atoms with Gasteiger partial charge in [0.15, 0.2) is 12.1 Å². The number of esters is 2. The summed E-state index contributed by atoms with van der Waals surface area (Å²) in [6.07, 6.45) is 59.6. The predicted molar refractivity (Wildman–Crippen MR) is 256 cm³/mol. The van der Waals surface area contributed by atoms with Crippen LogP contribution in [0.1, 0.15) is 142 Å². The molecule has 0 aromatic carbocycles. The molecule has 0 bridgehead atoms. The van der Waals surface area contributed by atoms with Gasteiger partial charge in [0.05, 0.1) is 34.4 Å². The third-order valence-corrected chi connectivity index (χ3v) is 9.36. The number of carbonyl (C=O) groups is 3. The summed E-state index contributed by atoms with van der Waals surface area (Å²) in [5.74, 6) is -1.59. The summed E-state index contributed by atoms with van der Waals surface area (Å²) in [6, 6.07) is -0.636. The molecule has 0 heterocycles. The predicted octanol–water partition coefficient (Wildman–Crippen LogP) is 13.0. The number of likely N-dealkylation sites (N-methyl/N-ethyl adjacent to an activating group) is 1. The molecule has 0 fully saturated rings. The summed E-state index contributed by atoms with van der Waals surface area (Å²) < 4.78 is 17.2. The maximum atomic E-state index is 12.8. The Hall–Kier alpha value is -4.27. The molecule has 2 unspecified atom stereocenters. The number of carbonyl (C=O) groups excluding carboxylic acids is 2. The molecule has 0 rings (SSSR count). The van der Waals surface area contributed by atoms with Crippen LogP contribution in [0.4, 0.5) is 0 Å². The molecule has 0 saturated carbocycles. The number of quaternary nitrogens is 1. The molecule has 0 spiro atoms. The van der Waals surface area contributed by atoms with E-state index in [1.807, 2.05) is 21.1 Å². The summed E-state index contributed by atoms with van der Waals surface area (Å²) in [6.45, 7) is 4.39. The summed E-state index contributed by atoms with van der Waals surface area (Å²) in [5, 5.41) is 9.63. The van der Waals surface area contributed by atoms with Gasteiger partial charge in [-0.3, -0.25) is 9.59 Å². The number of carboxylic acids is 1. The van der Waals surface area contributed by atoms with Crippen LogP contribution in [0.15, 0.2) is 122 Å². The van der Waals surface area contributed by atoms with Crippen molar-refractivity contribution in [2.24, 2.45) is 0 Å². The average Bonchev–Trinajstić information content (AvgIpc) is 3.22. The van der Waals surface area contributed by atoms with Crippen molar-refractivity contribution in [1.82, 2.24) is 0 Å². The van der Waals surface area contributed by atoms with Crippen LogP contribution < -0.4 is 0 Å². The third-order valence-electron chi connectivity index (χ3n) is 9.36. The van der Waals surface area contributed by atoms with Crippen LogP contribution in [0.2, 0.25) is 0 Å². The maximum Gasteiger partial charge on any atom is 0.362 e. The first-order valence-corrected chi connectivity index (χ1v) is 23.1. The first-order valence-electron chi connectivity index (χ1n) is 23.1. The fourth-order valence-electron chi connectivity index (χ4n) is 5.86. The molecule has 0 saturated heterocycles. The SMILES string of the molecule is CC/C=C/C/C=C/C/C=C/C/C=C/C/C=C/CCCCCCC(=O)OC(COCCC(C(=O)O)[N+](C)(C)C)COC(=O)CCC/C=C/C/C=C/C/C=C/C/C=C/C/C=C/CC. The molecule has 8 nitrogen and oxygen atoms in total. The highest BCUT2D eigenvalue weighted by Gasteiger charge is 2.31. The Morgan fingerprint density at radius 1 is 0.492 bits per heavy atom. The van der Waals surface area contributed by atoms with Crippen LogP contribution in [0.25, 0.3) is 0 Å². The molecule has 0 amide bonds. The van der Waals surface area contributed by atoms with Crippen LogP contribution >= 0.6 is 0 Å². The molecule has 0 aromatic heterocycles. The molecule has 2 atom stereocenters. The van der Waals surface area contributed by atoms with Crippen molar-refractivity contribution in [3.05, 3.63) is 122 Å². The van der Waals surface area contributed by atoms with Gasteiger partial charge in [0.1, 0.15) is 6.61 Å². The Labute approximate surface area is 371 Å². The van der Waals surface area contributed by atoms with Crippen molar-refractivity contribution in [3.8, 4) is 0 Å². The molecule has 0 aliphatic rings. The number of ether oxygens (including phenoxy) is 3. The van der Waals surface area contributed by atoms with E-state index in [9.17, 15) is 19.5 Å². The number of hydrogen-bond acceptors (Lipinski definition) is 6. The van der Waals surface area contributed by atoms with Gasteiger partial charge in [-0.25, -0.2) is 4.79 Å². The van der Waals surface area contributed by atoms with Gasteiger partial charge in [-0.1, -0.05) is 148 Å². The van der Waals surface area contributed by atoms with E-state index in [4.69, 9.17) is 14.2 Å². The van der Waals surface area contributed by atoms with E-state index in [1.165, 1.54) is 0 Å². The molecule has 0 aliphatic carbocycles. The van der Waals surface area contributed by atoms with Gasteiger partial charge in [-0.05, 0) is 96.3 Å². The van der Waals surface area contributed by atoms with Gasteiger partial charge in [0.2, 0.25) is 0 Å². The minimum absolute atomic E-state index is 0.0236. The molecule has 0 aromatic rings. The van der Waals surface area contributed by atoms with Gasteiger partial charge in [0, 0.05) is 19.3 Å². The molecule has 61 heavy (non-hydrogen) atoms. The summed E-state index contributed by atoms with van der Waals surface area (Å²) >= 11 is 0. The second-order valence-corrected chi connectivity index (χ2v) is 15.9. The number of unbranched alkanes of at least 4 members (excludes halogenated alkanes) is 5. The molecule has 8 heteroatoms. The van der Waals surface area contributed by atoms with Crippen LogP contribution in [-0.2, 0) is 28.6 Å². The van der Waals surface area contributed by atoms with E-state index in [-0.39, 0.29) is 49.1 Å². The topological polar surface area (TPSA) is 99.1 Å². The quantitative estimate of drug-likeness (QED) is 0.0285. The maximum absolute atomic E-state index is 12.8. The second kappa shape index (κ2) is 42.4. The lowest BCUT2D eigenvalue weighted by molar-refractivity contribution is -0.887. The van der Waals surface area contributed by atoms with Crippen molar-refractivity contribution >= 4 is 17.9 Å². The number of rotatable bonds is 39. The van der Waals surface area contributed by atoms with Crippen LogP contribution in [0, 0.1) is 0 Å². The number of allylic oxidation sites excluding steroid dienone is 20. The Bertz CT molecular complexity index is 1400. The van der Waals surface area contributed by atoms with E-state index >= 15 is 0 Å². The van der Waals surface area contributed by atoms with E-state index in [1.54, 1.807) is 0 Å². The standard InChI is InChI=1S/C53H83NO7/c1-6-8-10-12-14-16-18-20-22-24-25-26-28-30-32-34-36-38-40-42-44-52(56)61-49(47-59-46-45-50(53(57)58)54(3,4)5)48-60-51(55)43-41-39-37-35-33-31-29-27-23-21-19-17-15-13-11-9-7-2/h8-11,14-17,20-23,25-26,29-32,35,37,49-50H,6-7,12-13,18-19,24,27-28,33-34,36,38-48H2,1-5H3/p+1/b10-8+,11-9+,16-14+,17-15+,22-20+,23-21+,26-25+,31-29+,32-30+,37-35+. The Morgan fingerprint density at radius 2 is 0.885 bits per heavy atom. The number of nitrogens with zero attached hydrogens (tertiary/aromatic N) is 1. The normalized spacial score (nSPS) is 14.0. The van der Waals surface area contributed by atoms with Crippen molar-refractivity contribution in [2.45, 2.75) is 154 Å². The monoisotopic (exact) mass is 847 g/mol. The highest BCUT2D eigenvalue weighted by atomic mass is 16.6. The largest absolute Gasteiger partial charge is 0.477 e. The molecule has 0 aliphatic heterocycles. The van der Waals surface area contributed by atoms with Crippen molar-refractivity contribution in [2.75, 3.05) is 41.0 Å². The average molecular weight is 847 g/mol. The summed E-state index contributed by atoms with van der Waals surface area (Å²) in [4.78, 5) is 37.0. The number of hydrogen-bond donors (Lipinski definition) is 1. The zero-order valence-electron chi connectivity index (χ0n) is 38.8. The summed E-state index contributed by atoms with van der Waals surface area (Å²) in [5.41, 5.74) is 0. The fraction of sp³-hybridized carbons (Fsp3) is 0.566. The lowest BCUT2D eigenvalue weighted by Crippen LogP contribution is -2.50. The number of aliphatic carboxylic acids is 1. The first-order chi connectivity index (χ1) is 29.6. The Morgan fingerprint density at radius 3 is 1.31 bits per heavy atom. The van der Waals surface area contributed by atoms with E-state index in [0.29, 0.717) is 12.8 Å². The zero-order chi connectivity index (χ0) is 44.9. The lowest BCUT2D eigenvalue weighted by Gasteiger charge is -2.31. The smallest absolute Gasteiger partial charge is 0.362 e. The highest BCUT2D eigenvalue weighted by Crippen LogP contribution is 2.11. The molecule has 342 valence electrons. The van der Waals surface area contributed by atoms with Gasteiger partial charge in [-0.15, -0.1) is 0 Å². The van der Waals surface area contributed by atoms with Crippen molar-refractivity contribution in [1.29, 1.82) is 0 Å². The molecule has 1 N–H and O–H groups in total. The van der Waals surface area contributed by atoms with Gasteiger partial charge >= 0.3 is 17.9 Å². The molecular formula is C53H84NO7+. The molecular weight excluding hydrogens is 763 g/mol. The van der Waals surface area contributed by atoms with Gasteiger partial charge in [0.25, 0.3) is 0 Å². The van der Waals surface area contributed by atoms with Crippen LogP contribution in [0.5, 0.6) is 0 Å². The summed E-state index contributed by atoms with van der Waals surface area (Å²) in [7, 11) is 5.49. The van der Waals surface area contributed by atoms with Gasteiger partial charge < -0.3 is 23.8 Å². The van der Waals surface area contributed by atoms with Crippen molar-refractivity contribution in [3.63, 3.8) is 0 Å². The van der Waals surface area contributed by atoms with Crippen LogP contribution in [-0.4, -0.2) is 80.6 Å². The van der Waals surface area contributed by atoms with Gasteiger partial charge in [-0.2, -0.15) is 0 Å². The first kappa shape index (κ1) is 56.7. The van der Waals surface area contributed by atoms with E-state index < -0.39 is 18.1 Å². The lowest BCUT2D eigenvalue weighted by atomic mass is 10.1. The fourth-order valence-corrected chi connectivity index (χ4v) is 5.86. The third kappa shape index (κ3) is 40.9. The number of carboxylic acid groups (broad SMARTS) is 1. The van der Waals surface area contributed by atoms with E-state index in [2.05, 4.69) is 135 Å². The Balaban J connectivity index is 4.49. The van der Waals surface area contributed by atoms with Crippen LogP contribution in [0.3, 0.4) is 0 Å². The highest BCUT2D eigenvalue weighted by molar-refractivity contribution is 5.72. The van der Waals surface area contributed by atoms with Crippen molar-refractivity contribution < 1.29 is 38.2 Å². The van der Waals surface area contributed by atoms with E-state index in [0.717, 1.165) is 103 Å². The minimum Gasteiger partial charge on any atom is -0.477 e.